The van der Waals surface area contributed by atoms with Crippen molar-refractivity contribution in [3.05, 3.63) is 66.4 Å². The van der Waals surface area contributed by atoms with E-state index >= 15 is 0 Å². The van der Waals surface area contributed by atoms with Gasteiger partial charge in [0, 0.05) is 30.1 Å². The lowest BCUT2D eigenvalue weighted by Gasteiger charge is -2.07. The van der Waals surface area contributed by atoms with E-state index in [-0.39, 0.29) is 19.1 Å². The lowest BCUT2D eigenvalue weighted by Crippen LogP contribution is -2.24. The van der Waals surface area contributed by atoms with Gasteiger partial charge in [-0.05, 0) is 35.4 Å². The molecule has 0 radical (unpaired) electrons. The van der Waals surface area contributed by atoms with Crippen molar-refractivity contribution >= 4 is 5.91 Å². The third kappa shape index (κ3) is 3.47. The second-order valence-electron chi connectivity index (χ2n) is 5.74. The maximum Gasteiger partial charge on any atom is 0.231 e. The molecule has 1 N–H and O–H groups in total. The molecule has 0 saturated heterocycles. The van der Waals surface area contributed by atoms with Crippen LogP contribution < -0.4 is 14.8 Å². The van der Waals surface area contributed by atoms with Gasteiger partial charge in [-0.1, -0.05) is 6.07 Å². The largest absolute Gasteiger partial charge is 0.472 e. The summed E-state index contributed by atoms with van der Waals surface area (Å²) in [5.41, 5.74) is 3.72. The van der Waals surface area contributed by atoms with Crippen molar-refractivity contribution in [3.8, 4) is 22.6 Å². The highest BCUT2D eigenvalue weighted by molar-refractivity contribution is 5.78. The van der Waals surface area contributed by atoms with E-state index < -0.39 is 0 Å². The molecule has 6 nitrogen and oxygen atoms in total. The lowest BCUT2D eigenvalue weighted by molar-refractivity contribution is -0.120. The van der Waals surface area contributed by atoms with Crippen LogP contribution >= 0.6 is 0 Å². The van der Waals surface area contributed by atoms with Gasteiger partial charge in [-0.15, -0.1) is 0 Å². The van der Waals surface area contributed by atoms with Gasteiger partial charge in [0.25, 0.3) is 0 Å². The first-order valence-electron chi connectivity index (χ1n) is 7.90. The van der Waals surface area contributed by atoms with Gasteiger partial charge in [0.15, 0.2) is 11.5 Å². The first kappa shape index (κ1) is 15.3. The molecule has 126 valence electrons. The maximum atomic E-state index is 12.2. The Bertz CT molecular complexity index is 890. The van der Waals surface area contributed by atoms with Crippen molar-refractivity contribution in [1.29, 1.82) is 0 Å². The zero-order valence-corrected chi connectivity index (χ0v) is 13.4. The summed E-state index contributed by atoms with van der Waals surface area (Å²) in [4.78, 5) is 16.4. The number of pyridine rings is 1. The Hall–Kier alpha value is -3.28. The SMILES string of the molecule is O=C(Cc1ccc2c(c1)OCO2)NCc1cncc(-c2ccoc2)c1. The Labute approximate surface area is 144 Å². The van der Waals surface area contributed by atoms with Crippen molar-refractivity contribution in [3.63, 3.8) is 0 Å². The molecule has 0 bridgehead atoms. The van der Waals surface area contributed by atoms with E-state index in [9.17, 15) is 4.79 Å². The third-order valence-corrected chi connectivity index (χ3v) is 3.94. The highest BCUT2D eigenvalue weighted by atomic mass is 16.7. The summed E-state index contributed by atoms with van der Waals surface area (Å²) in [5.74, 6) is 1.33. The van der Waals surface area contributed by atoms with Crippen molar-refractivity contribution in [2.45, 2.75) is 13.0 Å². The number of hydrogen-bond donors (Lipinski definition) is 1. The molecular formula is C19H16N2O4. The van der Waals surface area contributed by atoms with Gasteiger partial charge in [0.2, 0.25) is 12.7 Å². The van der Waals surface area contributed by atoms with Crippen LogP contribution in [0.5, 0.6) is 11.5 Å². The molecule has 25 heavy (non-hydrogen) atoms. The smallest absolute Gasteiger partial charge is 0.231 e. The molecule has 1 amide bonds. The van der Waals surface area contributed by atoms with Crippen LogP contribution in [0.15, 0.2) is 59.7 Å². The van der Waals surface area contributed by atoms with Gasteiger partial charge in [-0.25, -0.2) is 0 Å². The monoisotopic (exact) mass is 336 g/mol. The molecule has 2 aromatic heterocycles. The minimum Gasteiger partial charge on any atom is -0.472 e. The van der Waals surface area contributed by atoms with Gasteiger partial charge >= 0.3 is 0 Å². The molecule has 0 fully saturated rings. The maximum absolute atomic E-state index is 12.2. The summed E-state index contributed by atoms with van der Waals surface area (Å²) in [7, 11) is 0. The molecule has 1 aromatic carbocycles. The fourth-order valence-corrected chi connectivity index (χ4v) is 2.67. The summed E-state index contributed by atoms with van der Waals surface area (Å²) in [6.07, 6.45) is 7.08. The Morgan fingerprint density at radius 2 is 1.96 bits per heavy atom. The van der Waals surface area contributed by atoms with Gasteiger partial charge in [0.05, 0.1) is 18.9 Å². The van der Waals surface area contributed by atoms with Crippen molar-refractivity contribution in [2.75, 3.05) is 6.79 Å². The number of hydrogen-bond acceptors (Lipinski definition) is 5. The number of fused-ring (bicyclic) bond motifs is 1. The number of carbonyl (C=O) groups is 1. The number of amides is 1. The topological polar surface area (TPSA) is 73.6 Å². The Kier molecular flexibility index (Phi) is 4.08. The Balaban J connectivity index is 1.37. The normalized spacial score (nSPS) is 12.2. The average molecular weight is 336 g/mol. The molecule has 1 aliphatic rings. The van der Waals surface area contributed by atoms with Crippen LogP contribution in [-0.2, 0) is 17.8 Å². The van der Waals surface area contributed by atoms with E-state index in [1.165, 1.54) is 0 Å². The molecule has 0 spiro atoms. The zero-order valence-electron chi connectivity index (χ0n) is 13.4. The van der Waals surface area contributed by atoms with E-state index in [2.05, 4.69) is 10.3 Å². The van der Waals surface area contributed by atoms with Crippen LogP contribution in [0.25, 0.3) is 11.1 Å². The molecule has 3 heterocycles. The van der Waals surface area contributed by atoms with E-state index in [1.807, 2.05) is 30.3 Å². The summed E-state index contributed by atoms with van der Waals surface area (Å²) < 4.78 is 15.7. The van der Waals surface area contributed by atoms with Gasteiger partial charge in [0.1, 0.15) is 0 Å². The van der Waals surface area contributed by atoms with Crippen molar-refractivity contribution in [2.24, 2.45) is 0 Å². The molecule has 1 aliphatic heterocycles. The molecule has 0 saturated carbocycles. The molecule has 0 atom stereocenters. The predicted octanol–water partition coefficient (Wildman–Crippen LogP) is 2.93. The van der Waals surface area contributed by atoms with Crippen LogP contribution in [0.2, 0.25) is 0 Å². The van der Waals surface area contributed by atoms with E-state index in [0.717, 1.165) is 22.3 Å². The third-order valence-electron chi connectivity index (χ3n) is 3.94. The number of benzene rings is 1. The predicted molar refractivity (Wildman–Crippen MR) is 90.1 cm³/mol. The number of nitrogens with one attached hydrogen (secondary N) is 1. The highest BCUT2D eigenvalue weighted by Gasteiger charge is 2.14. The Morgan fingerprint density at radius 3 is 2.84 bits per heavy atom. The minimum atomic E-state index is -0.0624. The van der Waals surface area contributed by atoms with Crippen molar-refractivity contribution < 1.29 is 18.7 Å². The molecular weight excluding hydrogens is 320 g/mol. The van der Waals surface area contributed by atoms with E-state index in [0.29, 0.717) is 18.0 Å². The summed E-state index contributed by atoms with van der Waals surface area (Å²) in [6, 6.07) is 9.39. The zero-order chi connectivity index (χ0) is 17.1. The number of rotatable bonds is 5. The molecule has 4 rings (SSSR count). The van der Waals surface area contributed by atoms with Crippen LogP contribution in [0.3, 0.4) is 0 Å². The minimum absolute atomic E-state index is 0.0624. The molecule has 0 aliphatic carbocycles. The van der Waals surface area contributed by atoms with Crippen LogP contribution in [0.1, 0.15) is 11.1 Å². The van der Waals surface area contributed by atoms with E-state index in [1.54, 1.807) is 24.9 Å². The summed E-state index contributed by atoms with van der Waals surface area (Å²) in [6.45, 7) is 0.646. The second-order valence-corrected chi connectivity index (χ2v) is 5.74. The average Bonchev–Trinajstić information content (AvgIpc) is 3.31. The van der Waals surface area contributed by atoms with Crippen LogP contribution in [0, 0.1) is 0 Å². The van der Waals surface area contributed by atoms with Crippen LogP contribution in [0.4, 0.5) is 0 Å². The number of ether oxygens (including phenoxy) is 2. The number of aromatic nitrogens is 1. The first-order chi connectivity index (χ1) is 12.3. The fourth-order valence-electron chi connectivity index (χ4n) is 2.67. The van der Waals surface area contributed by atoms with Gasteiger partial charge < -0.3 is 19.2 Å². The highest BCUT2D eigenvalue weighted by Crippen LogP contribution is 2.32. The summed E-state index contributed by atoms with van der Waals surface area (Å²) in [5, 5.41) is 2.91. The quantitative estimate of drug-likeness (QED) is 0.775. The first-order valence-corrected chi connectivity index (χ1v) is 7.90. The lowest BCUT2D eigenvalue weighted by atomic mass is 10.1. The molecule has 3 aromatic rings. The van der Waals surface area contributed by atoms with Crippen LogP contribution in [-0.4, -0.2) is 17.7 Å². The van der Waals surface area contributed by atoms with Crippen molar-refractivity contribution in [1.82, 2.24) is 10.3 Å². The van der Waals surface area contributed by atoms with Gasteiger partial charge in [-0.2, -0.15) is 0 Å². The number of nitrogens with zero attached hydrogens (tertiary/aromatic N) is 1. The Morgan fingerprint density at radius 1 is 1.04 bits per heavy atom. The standard InChI is InChI=1S/C19H16N2O4/c22-19(7-13-1-2-17-18(6-13)25-12-24-17)21-9-14-5-16(10-20-8-14)15-3-4-23-11-15/h1-6,8,10-11H,7,9,12H2,(H,21,22). The molecule has 0 unspecified atom stereocenters. The number of furan rings is 1. The fraction of sp³-hybridized carbons (Fsp3) is 0.158. The molecule has 6 heteroatoms. The summed E-state index contributed by atoms with van der Waals surface area (Å²) >= 11 is 0. The van der Waals surface area contributed by atoms with Gasteiger partial charge in [-0.3, -0.25) is 9.78 Å². The number of carbonyl (C=O) groups excluding carboxylic acids is 1. The van der Waals surface area contributed by atoms with E-state index in [4.69, 9.17) is 13.9 Å². The second kappa shape index (κ2) is 6.68.